The van der Waals surface area contributed by atoms with Crippen LogP contribution in [0.25, 0.3) is 0 Å². The number of anilines is 1. The minimum atomic E-state index is 0.258. The normalized spacial score (nSPS) is 12.0. The van der Waals surface area contributed by atoms with Crippen molar-refractivity contribution in [1.82, 2.24) is 5.23 Å². The zero-order valence-electron chi connectivity index (χ0n) is 13.3. The standard InChI is InChI=1S/C16H24BCl2N2O/c1-3-15(20-17-12-22)10-14-11-16(5-4-13(14)2)21(8-6-18)9-7-19/h4-5,11-12,15,20H,3,6-10H2,1-2H3/t15-/m0/s1. The molecule has 1 N–H and O–H groups in total. The molecule has 6 heteroatoms. The molecule has 0 saturated heterocycles. The summed E-state index contributed by atoms with van der Waals surface area (Å²) >= 11 is 11.8. The van der Waals surface area contributed by atoms with Crippen LogP contribution in [0.4, 0.5) is 5.69 Å². The number of hydrogen-bond acceptors (Lipinski definition) is 3. The third kappa shape index (κ3) is 6.19. The van der Waals surface area contributed by atoms with E-state index in [2.05, 4.69) is 42.2 Å². The average molecular weight is 342 g/mol. The highest BCUT2D eigenvalue weighted by Crippen LogP contribution is 2.21. The van der Waals surface area contributed by atoms with Gasteiger partial charge in [-0.15, -0.1) is 23.2 Å². The molecule has 0 fully saturated rings. The molecule has 0 saturated carbocycles. The second-order valence-electron chi connectivity index (χ2n) is 5.25. The minimum Gasteiger partial charge on any atom is -0.369 e. The minimum absolute atomic E-state index is 0.258. The molecule has 1 atom stereocenters. The number of aryl methyl sites for hydroxylation is 1. The SMILES string of the molecule is CC[C@@H](Cc1cc(N(CCCl)CCCl)ccc1C)N[B]C=O. The van der Waals surface area contributed by atoms with Crippen molar-refractivity contribution in [1.29, 1.82) is 0 Å². The summed E-state index contributed by atoms with van der Waals surface area (Å²) in [6, 6.07) is 6.72. The van der Waals surface area contributed by atoms with Crippen LogP contribution in [0.3, 0.4) is 0 Å². The van der Waals surface area contributed by atoms with E-state index in [9.17, 15) is 4.79 Å². The lowest BCUT2D eigenvalue weighted by molar-refractivity contribution is 0.563. The lowest BCUT2D eigenvalue weighted by Crippen LogP contribution is -2.34. The number of halogens is 2. The van der Waals surface area contributed by atoms with Crippen molar-refractivity contribution in [2.75, 3.05) is 29.7 Å². The van der Waals surface area contributed by atoms with E-state index in [-0.39, 0.29) is 6.04 Å². The highest BCUT2D eigenvalue weighted by molar-refractivity contribution is 6.64. The number of carbonyl (C=O) groups excluding carboxylic acids is 1. The Hall–Kier alpha value is -0.705. The third-order valence-electron chi connectivity index (χ3n) is 3.77. The molecule has 0 amide bonds. The Balaban J connectivity index is 2.89. The molecular formula is C16H24BCl2N2O. The Labute approximate surface area is 144 Å². The van der Waals surface area contributed by atoms with Gasteiger partial charge in [-0.1, -0.05) is 13.0 Å². The van der Waals surface area contributed by atoms with Crippen molar-refractivity contribution in [3.8, 4) is 0 Å². The molecule has 0 heterocycles. The molecule has 0 bridgehead atoms. The monoisotopic (exact) mass is 341 g/mol. The van der Waals surface area contributed by atoms with Crippen molar-refractivity contribution in [3.05, 3.63) is 29.3 Å². The average Bonchev–Trinajstić information content (AvgIpc) is 2.53. The molecule has 1 radical (unpaired) electrons. The zero-order valence-corrected chi connectivity index (χ0v) is 14.8. The van der Waals surface area contributed by atoms with Gasteiger partial charge in [-0.05, 0) is 43.0 Å². The largest absolute Gasteiger partial charge is 0.369 e. The van der Waals surface area contributed by atoms with Gasteiger partial charge in [-0.3, -0.25) is 0 Å². The first-order chi connectivity index (χ1) is 10.7. The Morgan fingerprint density at radius 2 is 2.00 bits per heavy atom. The van der Waals surface area contributed by atoms with E-state index in [0.717, 1.165) is 37.8 Å². The van der Waals surface area contributed by atoms with Gasteiger partial charge in [0.1, 0.15) is 0 Å². The van der Waals surface area contributed by atoms with Crippen LogP contribution in [0, 0.1) is 6.92 Å². The van der Waals surface area contributed by atoms with Crippen molar-refractivity contribution >= 4 is 42.5 Å². The molecule has 0 aromatic heterocycles. The number of carbonyl (C=O) groups is 1. The number of benzene rings is 1. The second-order valence-corrected chi connectivity index (χ2v) is 6.01. The third-order valence-corrected chi connectivity index (χ3v) is 4.10. The van der Waals surface area contributed by atoms with Crippen molar-refractivity contribution in [3.63, 3.8) is 0 Å². The predicted molar refractivity (Wildman–Crippen MR) is 98.3 cm³/mol. The van der Waals surface area contributed by atoms with Crippen molar-refractivity contribution in [2.24, 2.45) is 0 Å². The first-order valence-electron chi connectivity index (χ1n) is 7.65. The van der Waals surface area contributed by atoms with Gasteiger partial charge in [-0.25, -0.2) is 0 Å². The Bertz CT molecular complexity index is 454. The summed E-state index contributed by atoms with van der Waals surface area (Å²) in [4.78, 5) is 12.7. The predicted octanol–water partition coefficient (Wildman–Crippen LogP) is 3.00. The molecule has 0 aliphatic heterocycles. The van der Waals surface area contributed by atoms with Crippen LogP contribution in [0.2, 0.25) is 0 Å². The molecule has 1 aromatic carbocycles. The van der Waals surface area contributed by atoms with Crippen LogP contribution in [-0.4, -0.2) is 44.5 Å². The smallest absolute Gasteiger partial charge is 0.290 e. The van der Waals surface area contributed by atoms with Gasteiger partial charge in [0.25, 0.3) is 7.41 Å². The molecule has 1 rings (SSSR count). The number of rotatable bonds is 11. The van der Waals surface area contributed by atoms with E-state index in [4.69, 9.17) is 23.2 Å². The maximum atomic E-state index is 10.5. The molecule has 3 nitrogen and oxygen atoms in total. The lowest BCUT2D eigenvalue weighted by Gasteiger charge is -2.25. The van der Waals surface area contributed by atoms with Crippen molar-refractivity contribution < 1.29 is 4.79 Å². The Morgan fingerprint density at radius 1 is 1.32 bits per heavy atom. The molecular weight excluding hydrogens is 318 g/mol. The quantitative estimate of drug-likeness (QED) is 0.381. The molecule has 0 unspecified atom stereocenters. The highest BCUT2D eigenvalue weighted by Gasteiger charge is 2.12. The molecule has 0 aliphatic rings. The van der Waals surface area contributed by atoms with E-state index in [1.54, 1.807) is 0 Å². The number of alkyl halides is 2. The van der Waals surface area contributed by atoms with Gasteiger partial charge >= 0.3 is 0 Å². The van der Waals surface area contributed by atoms with Gasteiger partial charge in [0.05, 0.1) is 6.19 Å². The Morgan fingerprint density at radius 3 is 2.55 bits per heavy atom. The topological polar surface area (TPSA) is 32.3 Å². The van der Waals surface area contributed by atoms with Gasteiger partial charge in [0.15, 0.2) is 0 Å². The van der Waals surface area contributed by atoms with E-state index in [1.165, 1.54) is 18.5 Å². The van der Waals surface area contributed by atoms with E-state index >= 15 is 0 Å². The van der Waals surface area contributed by atoms with Gasteiger partial charge < -0.3 is 14.9 Å². The van der Waals surface area contributed by atoms with Crippen LogP contribution >= 0.6 is 23.2 Å². The molecule has 0 aliphatic carbocycles. The summed E-state index contributed by atoms with van der Waals surface area (Å²) < 4.78 is 0. The van der Waals surface area contributed by atoms with Crippen molar-refractivity contribution in [2.45, 2.75) is 32.7 Å². The number of hydrogen-bond donors (Lipinski definition) is 1. The number of nitrogens with zero attached hydrogens (tertiary/aromatic N) is 1. The Kier molecular flexibility index (Phi) is 9.61. The van der Waals surface area contributed by atoms with Crippen LogP contribution in [-0.2, 0) is 11.2 Å². The van der Waals surface area contributed by atoms with Crippen LogP contribution in [0.1, 0.15) is 24.5 Å². The van der Waals surface area contributed by atoms with E-state index in [0.29, 0.717) is 11.8 Å². The van der Waals surface area contributed by atoms with Crippen LogP contribution in [0.5, 0.6) is 0 Å². The van der Waals surface area contributed by atoms with Gasteiger partial charge in [-0.2, -0.15) is 0 Å². The summed E-state index contributed by atoms with van der Waals surface area (Å²) in [5.74, 6) is 1.15. The maximum Gasteiger partial charge on any atom is 0.290 e. The fourth-order valence-electron chi connectivity index (χ4n) is 2.41. The molecule has 22 heavy (non-hydrogen) atoms. The molecule has 0 spiro atoms. The van der Waals surface area contributed by atoms with E-state index < -0.39 is 0 Å². The van der Waals surface area contributed by atoms with Gasteiger partial charge in [0, 0.05) is 36.6 Å². The van der Waals surface area contributed by atoms with E-state index in [1.807, 2.05) is 0 Å². The fraction of sp³-hybridized carbons (Fsp3) is 0.562. The maximum absolute atomic E-state index is 10.5. The summed E-state index contributed by atoms with van der Waals surface area (Å²) in [5.41, 5.74) is 3.69. The van der Waals surface area contributed by atoms with Crippen LogP contribution < -0.4 is 10.1 Å². The molecule has 1 aromatic rings. The first-order valence-corrected chi connectivity index (χ1v) is 8.72. The first kappa shape index (κ1) is 19.3. The van der Waals surface area contributed by atoms with Gasteiger partial charge in [0.2, 0.25) is 0 Å². The lowest BCUT2D eigenvalue weighted by atomic mass is 9.92. The summed E-state index contributed by atoms with van der Waals surface area (Å²) in [7, 11) is 1.47. The second kappa shape index (κ2) is 10.9. The number of nitrogens with one attached hydrogen (secondary N) is 1. The summed E-state index contributed by atoms with van der Waals surface area (Å²) in [6.45, 7) is 5.79. The van der Waals surface area contributed by atoms with Crippen LogP contribution in [0.15, 0.2) is 18.2 Å². The summed E-state index contributed by atoms with van der Waals surface area (Å²) in [5, 5.41) is 3.14. The zero-order chi connectivity index (χ0) is 16.4. The summed E-state index contributed by atoms with van der Waals surface area (Å²) in [6.07, 6.45) is 2.63. The highest BCUT2D eigenvalue weighted by atomic mass is 35.5. The fourth-order valence-corrected chi connectivity index (χ4v) is 2.82. The molecule has 121 valence electrons.